The average molecular weight is 1160 g/mol. The maximum Gasteiger partial charge on any atom is 0.306 e. The Morgan fingerprint density at radius 3 is 0.735 bits per heavy atom. The van der Waals surface area contributed by atoms with Crippen LogP contribution in [0.5, 0.6) is 0 Å². The third-order valence-electron chi connectivity index (χ3n) is 15.5. The Balaban J connectivity index is 4.36. The molecule has 1 atom stereocenters. The number of hydrogen-bond donors (Lipinski definition) is 0. The SMILES string of the molecule is CC/C=C\C/C=C\C/C=C\CCCCCCCCCC(=O)OCC(COC(=O)CCCCCCCCCCCC/C=C\C/C=C\C/C=C\CCCCCCC)OC(=O)CCCCCCCCCCCCC/C=C\C/C=C\CCCCCCC. The molecule has 0 aliphatic rings. The number of esters is 3. The van der Waals surface area contributed by atoms with E-state index in [0.717, 1.165) is 103 Å². The van der Waals surface area contributed by atoms with Gasteiger partial charge in [0.1, 0.15) is 13.2 Å². The Morgan fingerprint density at radius 2 is 0.470 bits per heavy atom. The first-order valence-corrected chi connectivity index (χ1v) is 35.7. The third kappa shape index (κ3) is 69.0. The van der Waals surface area contributed by atoms with Gasteiger partial charge in [-0.05, 0) is 122 Å². The lowest BCUT2D eigenvalue weighted by Gasteiger charge is -2.18. The lowest BCUT2D eigenvalue weighted by atomic mass is 10.0. The summed E-state index contributed by atoms with van der Waals surface area (Å²) in [6.45, 7) is 6.54. The first kappa shape index (κ1) is 79.3. The van der Waals surface area contributed by atoms with E-state index in [1.807, 2.05) is 0 Å². The summed E-state index contributed by atoms with van der Waals surface area (Å²) < 4.78 is 17.0. The molecule has 0 amide bonds. The molecule has 0 bridgehead atoms. The fourth-order valence-corrected chi connectivity index (χ4v) is 10.2. The van der Waals surface area contributed by atoms with E-state index in [-0.39, 0.29) is 31.1 Å². The van der Waals surface area contributed by atoms with Crippen LogP contribution in [-0.2, 0) is 28.6 Å². The van der Waals surface area contributed by atoms with Crippen LogP contribution in [0.15, 0.2) is 97.2 Å². The summed E-state index contributed by atoms with van der Waals surface area (Å²) >= 11 is 0. The predicted molar refractivity (Wildman–Crippen MR) is 362 cm³/mol. The van der Waals surface area contributed by atoms with Gasteiger partial charge in [0.25, 0.3) is 0 Å². The first-order valence-electron chi connectivity index (χ1n) is 35.7. The van der Waals surface area contributed by atoms with E-state index in [1.54, 1.807) is 0 Å². The highest BCUT2D eigenvalue weighted by Crippen LogP contribution is 2.17. The molecule has 0 fully saturated rings. The summed E-state index contributed by atoms with van der Waals surface area (Å²) in [5.41, 5.74) is 0. The molecule has 478 valence electrons. The molecule has 0 rings (SSSR count). The van der Waals surface area contributed by atoms with Gasteiger partial charge in [0, 0.05) is 19.3 Å². The number of rotatable bonds is 65. The fourth-order valence-electron chi connectivity index (χ4n) is 10.2. The summed E-state index contributed by atoms with van der Waals surface area (Å²) in [5.74, 6) is -0.882. The highest BCUT2D eigenvalue weighted by molar-refractivity contribution is 5.71. The zero-order valence-electron chi connectivity index (χ0n) is 54.9. The fraction of sp³-hybridized carbons (Fsp3) is 0.753. The lowest BCUT2D eigenvalue weighted by molar-refractivity contribution is -0.167. The van der Waals surface area contributed by atoms with Gasteiger partial charge in [-0.15, -0.1) is 0 Å². The van der Waals surface area contributed by atoms with Crippen LogP contribution in [0.25, 0.3) is 0 Å². The van der Waals surface area contributed by atoms with E-state index in [0.29, 0.717) is 19.3 Å². The Bertz CT molecular complexity index is 1610. The Hall–Kier alpha value is -3.67. The Labute approximate surface area is 515 Å². The largest absolute Gasteiger partial charge is 0.462 e. The molecule has 0 aromatic rings. The monoisotopic (exact) mass is 1160 g/mol. The number of hydrogen-bond acceptors (Lipinski definition) is 6. The third-order valence-corrected chi connectivity index (χ3v) is 15.5. The number of carbonyl (C=O) groups is 3. The van der Waals surface area contributed by atoms with Crippen LogP contribution in [0.3, 0.4) is 0 Å². The van der Waals surface area contributed by atoms with Crippen molar-refractivity contribution in [2.75, 3.05) is 13.2 Å². The molecule has 1 unspecified atom stereocenters. The molecule has 0 N–H and O–H groups in total. The van der Waals surface area contributed by atoms with Crippen molar-refractivity contribution in [3.05, 3.63) is 97.2 Å². The Morgan fingerprint density at radius 1 is 0.253 bits per heavy atom. The van der Waals surface area contributed by atoms with Gasteiger partial charge in [-0.2, -0.15) is 0 Å². The second-order valence-electron chi connectivity index (χ2n) is 23.8. The highest BCUT2D eigenvalue weighted by atomic mass is 16.6. The molecule has 6 heteroatoms. The summed E-state index contributed by atoms with van der Waals surface area (Å²) in [4.78, 5) is 38.5. The minimum Gasteiger partial charge on any atom is -0.462 e. The second kappa shape index (κ2) is 70.8. The lowest BCUT2D eigenvalue weighted by Crippen LogP contribution is -2.30. The molecule has 0 aromatic heterocycles. The molecule has 0 aliphatic heterocycles. The normalized spacial score (nSPS) is 12.7. The first-order chi connectivity index (χ1) is 41.0. The van der Waals surface area contributed by atoms with Crippen LogP contribution in [0.2, 0.25) is 0 Å². The van der Waals surface area contributed by atoms with Gasteiger partial charge in [-0.3, -0.25) is 14.4 Å². The van der Waals surface area contributed by atoms with Gasteiger partial charge < -0.3 is 14.2 Å². The standard InChI is InChI=1S/C77H134O6/c1-4-7-10-13-16-19-22-25-28-31-33-35-37-38-40-41-43-46-49-52-55-58-61-64-67-70-76(79)82-73-74(72-81-75(78)69-66-63-60-57-54-51-48-45-30-27-24-21-18-15-12-9-6-3)83-77(80)71-68-65-62-59-56-53-50-47-44-42-39-36-34-32-29-26-23-20-17-14-11-8-5-2/h9,12,18,21-23,25-27,30-34,37-38,74H,4-8,10-11,13-17,19-20,24,28-29,35-36,39-73H2,1-3H3/b12-9-,21-18-,25-22-,26-23-,30-27-,33-31-,34-32-,38-37-. The van der Waals surface area contributed by atoms with Gasteiger partial charge in [0.2, 0.25) is 0 Å². The molecule has 0 saturated carbocycles. The van der Waals surface area contributed by atoms with Crippen LogP contribution in [0, 0.1) is 0 Å². The average Bonchev–Trinajstić information content (AvgIpc) is 3.49. The molecule has 6 nitrogen and oxygen atoms in total. The smallest absolute Gasteiger partial charge is 0.306 e. The maximum absolute atomic E-state index is 13.0. The number of carbonyl (C=O) groups excluding carboxylic acids is 3. The van der Waals surface area contributed by atoms with E-state index in [1.165, 1.54) is 212 Å². The van der Waals surface area contributed by atoms with E-state index in [4.69, 9.17) is 14.2 Å². The number of unbranched alkanes of at least 4 members (excludes halogenated alkanes) is 38. The van der Waals surface area contributed by atoms with Gasteiger partial charge in [0.15, 0.2) is 6.10 Å². The summed E-state index contributed by atoms with van der Waals surface area (Å²) in [5, 5.41) is 0. The van der Waals surface area contributed by atoms with Gasteiger partial charge in [-0.25, -0.2) is 0 Å². The van der Waals surface area contributed by atoms with Crippen molar-refractivity contribution in [1.29, 1.82) is 0 Å². The minimum absolute atomic E-state index is 0.0824. The van der Waals surface area contributed by atoms with Crippen molar-refractivity contribution in [3.63, 3.8) is 0 Å². The summed E-state index contributed by atoms with van der Waals surface area (Å²) in [7, 11) is 0. The molecule has 0 heterocycles. The summed E-state index contributed by atoms with van der Waals surface area (Å²) in [6.07, 6.45) is 95.7. The van der Waals surface area contributed by atoms with Crippen LogP contribution < -0.4 is 0 Å². The maximum atomic E-state index is 13.0. The molecule has 0 radical (unpaired) electrons. The molecule has 0 aliphatic carbocycles. The van der Waals surface area contributed by atoms with Crippen LogP contribution >= 0.6 is 0 Å². The number of allylic oxidation sites excluding steroid dienone is 16. The topological polar surface area (TPSA) is 78.9 Å². The highest BCUT2D eigenvalue weighted by Gasteiger charge is 2.19. The molecule has 0 aromatic carbocycles. The van der Waals surface area contributed by atoms with Crippen molar-refractivity contribution in [1.82, 2.24) is 0 Å². The van der Waals surface area contributed by atoms with E-state index in [2.05, 4.69) is 118 Å². The predicted octanol–water partition coefficient (Wildman–Crippen LogP) is 24.8. The van der Waals surface area contributed by atoms with E-state index < -0.39 is 6.10 Å². The molecular formula is C77H134O6. The minimum atomic E-state index is -0.788. The second-order valence-corrected chi connectivity index (χ2v) is 23.8. The van der Waals surface area contributed by atoms with Crippen molar-refractivity contribution < 1.29 is 28.6 Å². The van der Waals surface area contributed by atoms with Crippen molar-refractivity contribution in [2.24, 2.45) is 0 Å². The molecular weight excluding hydrogens is 1020 g/mol. The quantitative estimate of drug-likeness (QED) is 0.0261. The van der Waals surface area contributed by atoms with Crippen molar-refractivity contribution in [2.45, 2.75) is 361 Å². The molecule has 0 saturated heterocycles. The van der Waals surface area contributed by atoms with Gasteiger partial charge in [0.05, 0.1) is 0 Å². The van der Waals surface area contributed by atoms with Gasteiger partial charge >= 0.3 is 17.9 Å². The van der Waals surface area contributed by atoms with Crippen molar-refractivity contribution >= 4 is 17.9 Å². The number of ether oxygens (including phenoxy) is 3. The van der Waals surface area contributed by atoms with E-state index >= 15 is 0 Å². The van der Waals surface area contributed by atoms with Crippen molar-refractivity contribution in [3.8, 4) is 0 Å². The summed E-state index contributed by atoms with van der Waals surface area (Å²) in [6, 6.07) is 0. The zero-order valence-corrected chi connectivity index (χ0v) is 54.9. The molecule has 0 spiro atoms. The van der Waals surface area contributed by atoms with E-state index in [9.17, 15) is 14.4 Å². The van der Waals surface area contributed by atoms with Gasteiger partial charge in [-0.1, -0.05) is 311 Å². The van der Waals surface area contributed by atoms with Crippen LogP contribution in [0.4, 0.5) is 0 Å². The van der Waals surface area contributed by atoms with Crippen LogP contribution in [0.1, 0.15) is 355 Å². The Kier molecular flexibility index (Phi) is 67.7. The zero-order chi connectivity index (χ0) is 59.9. The molecule has 83 heavy (non-hydrogen) atoms. The van der Waals surface area contributed by atoms with Crippen LogP contribution in [-0.4, -0.2) is 37.2 Å².